The summed E-state index contributed by atoms with van der Waals surface area (Å²) < 4.78 is 24.0. The number of aryl methyl sites for hydroxylation is 1. The van der Waals surface area contributed by atoms with Crippen LogP contribution in [0.3, 0.4) is 0 Å². The molecule has 0 N–H and O–H groups in total. The summed E-state index contributed by atoms with van der Waals surface area (Å²) >= 11 is 0. The summed E-state index contributed by atoms with van der Waals surface area (Å²) in [7, 11) is 1.43. The molecule has 0 aliphatic carbocycles. The van der Waals surface area contributed by atoms with Crippen molar-refractivity contribution >= 4 is 11.1 Å². The summed E-state index contributed by atoms with van der Waals surface area (Å²) in [5, 5.41) is 0. The molecular formula is C12H14FNO2. The maximum Gasteiger partial charge on any atom is 0.209 e. The van der Waals surface area contributed by atoms with E-state index in [0.29, 0.717) is 11.4 Å². The molecule has 4 heteroatoms. The Morgan fingerprint density at radius 2 is 2.25 bits per heavy atom. The maximum absolute atomic E-state index is 13.7. The lowest BCUT2D eigenvalue weighted by atomic mass is 10.2. The first-order valence-corrected chi connectivity index (χ1v) is 5.38. The van der Waals surface area contributed by atoms with Crippen LogP contribution in [0.5, 0.6) is 5.75 Å². The van der Waals surface area contributed by atoms with Gasteiger partial charge in [-0.25, -0.2) is 4.98 Å². The summed E-state index contributed by atoms with van der Waals surface area (Å²) in [6.07, 6.45) is 2.79. The van der Waals surface area contributed by atoms with Gasteiger partial charge in [-0.05, 0) is 18.6 Å². The van der Waals surface area contributed by atoms with E-state index in [-0.39, 0.29) is 11.3 Å². The highest BCUT2D eigenvalue weighted by atomic mass is 19.1. The Bertz CT molecular complexity index is 493. The van der Waals surface area contributed by atoms with E-state index < -0.39 is 5.82 Å². The fraction of sp³-hybridized carbons (Fsp3) is 0.417. The van der Waals surface area contributed by atoms with Gasteiger partial charge in [0.2, 0.25) is 5.82 Å². The summed E-state index contributed by atoms with van der Waals surface area (Å²) in [5.74, 6) is 0.296. The molecule has 0 fully saturated rings. The van der Waals surface area contributed by atoms with Crippen molar-refractivity contribution in [3.8, 4) is 5.75 Å². The minimum Gasteiger partial charge on any atom is -0.494 e. The maximum atomic E-state index is 13.7. The number of hydrogen-bond acceptors (Lipinski definition) is 3. The second-order valence-corrected chi connectivity index (χ2v) is 3.64. The van der Waals surface area contributed by atoms with Crippen LogP contribution in [0.4, 0.5) is 4.39 Å². The Morgan fingerprint density at radius 1 is 1.44 bits per heavy atom. The molecule has 86 valence electrons. The van der Waals surface area contributed by atoms with Crippen molar-refractivity contribution in [2.24, 2.45) is 0 Å². The van der Waals surface area contributed by atoms with E-state index in [1.165, 1.54) is 7.11 Å². The molecule has 0 unspecified atom stereocenters. The fourth-order valence-electron chi connectivity index (χ4n) is 1.58. The Morgan fingerprint density at radius 3 is 2.94 bits per heavy atom. The predicted molar refractivity (Wildman–Crippen MR) is 59.1 cm³/mol. The molecule has 2 aromatic rings. The van der Waals surface area contributed by atoms with E-state index in [0.717, 1.165) is 19.3 Å². The quantitative estimate of drug-likeness (QED) is 0.797. The van der Waals surface area contributed by atoms with Crippen LogP contribution in [0.25, 0.3) is 11.1 Å². The number of ether oxygens (including phenoxy) is 1. The molecule has 2 rings (SSSR count). The van der Waals surface area contributed by atoms with Crippen LogP contribution in [0, 0.1) is 5.82 Å². The molecule has 0 aliphatic heterocycles. The number of oxazole rings is 1. The smallest absolute Gasteiger partial charge is 0.209 e. The van der Waals surface area contributed by atoms with Gasteiger partial charge in [0.05, 0.1) is 7.11 Å². The molecule has 0 spiro atoms. The van der Waals surface area contributed by atoms with Gasteiger partial charge in [0.15, 0.2) is 17.2 Å². The molecule has 0 amide bonds. The predicted octanol–water partition coefficient (Wildman–Crippen LogP) is 3.32. The van der Waals surface area contributed by atoms with Crippen LogP contribution < -0.4 is 4.74 Å². The minimum atomic E-state index is -0.477. The summed E-state index contributed by atoms with van der Waals surface area (Å²) in [4.78, 5) is 4.22. The lowest BCUT2D eigenvalue weighted by Crippen LogP contribution is -1.87. The van der Waals surface area contributed by atoms with Crippen LogP contribution in [0.1, 0.15) is 25.7 Å². The third-order valence-electron chi connectivity index (χ3n) is 2.47. The van der Waals surface area contributed by atoms with Crippen molar-refractivity contribution < 1.29 is 13.5 Å². The molecule has 1 heterocycles. The van der Waals surface area contributed by atoms with Crippen molar-refractivity contribution in [1.29, 1.82) is 0 Å². The van der Waals surface area contributed by atoms with Crippen LogP contribution in [-0.4, -0.2) is 12.1 Å². The van der Waals surface area contributed by atoms with Crippen LogP contribution in [0.2, 0.25) is 0 Å². The lowest BCUT2D eigenvalue weighted by Gasteiger charge is -1.99. The van der Waals surface area contributed by atoms with Gasteiger partial charge in [-0.2, -0.15) is 4.39 Å². The number of methoxy groups -OCH3 is 1. The van der Waals surface area contributed by atoms with Gasteiger partial charge >= 0.3 is 0 Å². The molecule has 0 radical (unpaired) electrons. The van der Waals surface area contributed by atoms with Crippen molar-refractivity contribution in [1.82, 2.24) is 4.98 Å². The average Bonchev–Trinajstić information content (AvgIpc) is 2.71. The first kappa shape index (κ1) is 10.9. The van der Waals surface area contributed by atoms with Gasteiger partial charge in [-0.15, -0.1) is 0 Å². The van der Waals surface area contributed by atoms with E-state index >= 15 is 0 Å². The number of aromatic nitrogens is 1. The Hall–Kier alpha value is -1.58. The van der Waals surface area contributed by atoms with Crippen molar-refractivity contribution in [3.63, 3.8) is 0 Å². The zero-order valence-corrected chi connectivity index (χ0v) is 9.42. The normalized spacial score (nSPS) is 10.9. The number of fused-ring (bicyclic) bond motifs is 1. The molecular weight excluding hydrogens is 209 g/mol. The minimum absolute atomic E-state index is 0.186. The number of rotatable bonds is 4. The second-order valence-electron chi connectivity index (χ2n) is 3.64. The van der Waals surface area contributed by atoms with Gasteiger partial charge in [-0.3, -0.25) is 0 Å². The zero-order chi connectivity index (χ0) is 11.5. The number of nitrogens with zero attached hydrogens (tertiary/aromatic N) is 1. The van der Waals surface area contributed by atoms with Crippen molar-refractivity contribution in [2.45, 2.75) is 26.2 Å². The highest BCUT2D eigenvalue weighted by molar-refractivity contribution is 5.75. The van der Waals surface area contributed by atoms with E-state index in [9.17, 15) is 4.39 Å². The van der Waals surface area contributed by atoms with Gasteiger partial charge < -0.3 is 9.15 Å². The monoisotopic (exact) mass is 223 g/mol. The summed E-state index contributed by atoms with van der Waals surface area (Å²) in [6.45, 7) is 2.09. The molecule has 0 bridgehead atoms. The number of benzene rings is 1. The van der Waals surface area contributed by atoms with Gasteiger partial charge in [0, 0.05) is 6.42 Å². The van der Waals surface area contributed by atoms with E-state index in [2.05, 4.69) is 11.9 Å². The van der Waals surface area contributed by atoms with Gasteiger partial charge in [0.25, 0.3) is 0 Å². The van der Waals surface area contributed by atoms with Crippen molar-refractivity contribution in [3.05, 3.63) is 23.8 Å². The van der Waals surface area contributed by atoms with E-state index in [1.807, 2.05) is 0 Å². The SMILES string of the molecule is CCCCc1nc2ccc(OC)c(F)c2o1. The average molecular weight is 223 g/mol. The highest BCUT2D eigenvalue weighted by Gasteiger charge is 2.14. The molecule has 1 aromatic carbocycles. The molecule has 0 saturated heterocycles. The molecule has 16 heavy (non-hydrogen) atoms. The van der Waals surface area contributed by atoms with Gasteiger partial charge in [-0.1, -0.05) is 13.3 Å². The third kappa shape index (κ3) is 1.87. The van der Waals surface area contributed by atoms with Gasteiger partial charge in [0.1, 0.15) is 5.52 Å². The first-order chi connectivity index (χ1) is 7.76. The largest absolute Gasteiger partial charge is 0.494 e. The molecule has 0 atom stereocenters. The molecule has 0 aliphatic rings. The first-order valence-electron chi connectivity index (χ1n) is 5.38. The molecule has 3 nitrogen and oxygen atoms in total. The fourth-order valence-corrected chi connectivity index (χ4v) is 1.58. The Kier molecular flexibility index (Phi) is 3.08. The van der Waals surface area contributed by atoms with Crippen LogP contribution >= 0.6 is 0 Å². The Balaban J connectivity index is 2.41. The number of hydrogen-bond donors (Lipinski definition) is 0. The van der Waals surface area contributed by atoms with E-state index in [4.69, 9.17) is 9.15 Å². The summed E-state index contributed by atoms with van der Waals surface area (Å²) in [6, 6.07) is 3.26. The molecule has 0 saturated carbocycles. The number of halogens is 1. The number of unbranched alkanes of at least 4 members (excludes halogenated alkanes) is 1. The standard InChI is InChI=1S/C12H14FNO2/c1-3-4-5-10-14-8-6-7-9(15-2)11(13)12(8)16-10/h6-7H,3-5H2,1-2H3. The highest BCUT2D eigenvalue weighted by Crippen LogP contribution is 2.27. The van der Waals surface area contributed by atoms with Crippen LogP contribution in [0.15, 0.2) is 16.5 Å². The topological polar surface area (TPSA) is 35.3 Å². The van der Waals surface area contributed by atoms with E-state index in [1.54, 1.807) is 12.1 Å². The third-order valence-corrected chi connectivity index (χ3v) is 2.47. The molecule has 1 aromatic heterocycles. The summed E-state index contributed by atoms with van der Waals surface area (Å²) in [5.41, 5.74) is 0.731. The van der Waals surface area contributed by atoms with Crippen LogP contribution in [-0.2, 0) is 6.42 Å². The Labute approximate surface area is 93.2 Å². The lowest BCUT2D eigenvalue weighted by molar-refractivity contribution is 0.384. The second kappa shape index (κ2) is 4.51. The zero-order valence-electron chi connectivity index (χ0n) is 9.42. The van der Waals surface area contributed by atoms with Crippen molar-refractivity contribution in [2.75, 3.05) is 7.11 Å².